The molecule has 1 aromatic carbocycles. The van der Waals surface area contributed by atoms with Crippen LogP contribution in [0.2, 0.25) is 0 Å². The lowest BCUT2D eigenvalue weighted by Gasteiger charge is -2.21. The molecule has 4 rings (SSSR count). The highest BCUT2D eigenvalue weighted by Crippen LogP contribution is 2.37. The second-order valence-corrected chi connectivity index (χ2v) is 7.51. The zero-order valence-electron chi connectivity index (χ0n) is 15.4. The molecule has 1 aliphatic carbocycles. The van der Waals surface area contributed by atoms with Crippen LogP contribution >= 0.6 is 0 Å². The van der Waals surface area contributed by atoms with E-state index in [2.05, 4.69) is 10.3 Å². The number of hydrogen-bond acceptors (Lipinski definition) is 5. The molecule has 0 radical (unpaired) electrons. The SMILES string of the molecule is CC(C)Oc1cc2c(O[C@@H]3CC[C@H]4CC(=O)N[C@H]43)nccc2cc1C(N)=O. The molecule has 1 saturated heterocycles. The molecule has 7 heteroatoms. The molecule has 1 aromatic heterocycles. The summed E-state index contributed by atoms with van der Waals surface area (Å²) in [6, 6.07) is 5.31. The molecule has 2 aromatic rings. The fourth-order valence-corrected chi connectivity index (χ4v) is 4.05. The van der Waals surface area contributed by atoms with Gasteiger partial charge in [-0.15, -0.1) is 0 Å². The highest BCUT2D eigenvalue weighted by Gasteiger charge is 2.44. The number of benzene rings is 1. The van der Waals surface area contributed by atoms with Crippen molar-refractivity contribution in [3.05, 3.63) is 30.0 Å². The molecular formula is C20H23N3O4. The van der Waals surface area contributed by atoms with E-state index in [1.807, 2.05) is 19.9 Å². The van der Waals surface area contributed by atoms with Gasteiger partial charge in [0.1, 0.15) is 11.9 Å². The number of nitrogens with one attached hydrogen (secondary N) is 1. The number of ether oxygens (including phenoxy) is 2. The molecule has 0 unspecified atom stereocenters. The molecule has 142 valence electrons. The number of primary amides is 1. The molecule has 2 heterocycles. The molecule has 2 aliphatic rings. The maximum absolute atomic E-state index is 11.8. The predicted molar refractivity (Wildman–Crippen MR) is 99.7 cm³/mol. The molecule has 3 N–H and O–H groups in total. The maximum Gasteiger partial charge on any atom is 0.252 e. The Kier molecular flexibility index (Phi) is 4.37. The van der Waals surface area contributed by atoms with Crippen LogP contribution in [0.4, 0.5) is 0 Å². The van der Waals surface area contributed by atoms with Gasteiger partial charge < -0.3 is 20.5 Å². The summed E-state index contributed by atoms with van der Waals surface area (Å²) in [4.78, 5) is 27.9. The summed E-state index contributed by atoms with van der Waals surface area (Å²) in [5.74, 6) is 0.769. The zero-order valence-corrected chi connectivity index (χ0v) is 15.4. The number of nitrogens with two attached hydrogens (primary N) is 1. The summed E-state index contributed by atoms with van der Waals surface area (Å²) in [6.45, 7) is 3.77. The minimum Gasteiger partial charge on any atom is -0.490 e. The number of carbonyl (C=O) groups is 2. The standard InChI is InChI=1S/C20H23N3O4/c1-10(2)26-16-9-13-11(7-14(16)19(21)25)5-6-22-20(13)27-15-4-3-12-8-17(24)23-18(12)15/h5-7,9-10,12,15,18H,3-4,8H2,1-2H3,(H2,21,25)(H,23,24)/t12-,15+,18+/m0/s1. The van der Waals surface area contributed by atoms with Crippen molar-refractivity contribution >= 4 is 22.6 Å². The lowest BCUT2D eigenvalue weighted by molar-refractivity contribution is -0.119. The Labute approximate surface area is 157 Å². The number of rotatable bonds is 5. The Bertz CT molecular complexity index is 911. The average Bonchev–Trinajstić information content (AvgIpc) is 3.14. The van der Waals surface area contributed by atoms with E-state index in [0.29, 0.717) is 29.5 Å². The highest BCUT2D eigenvalue weighted by atomic mass is 16.5. The van der Waals surface area contributed by atoms with Crippen molar-refractivity contribution in [1.29, 1.82) is 0 Å². The number of carbonyl (C=O) groups excluding carboxylic acids is 2. The number of fused-ring (bicyclic) bond motifs is 2. The average molecular weight is 369 g/mol. The van der Waals surface area contributed by atoms with Gasteiger partial charge in [-0.05, 0) is 56.2 Å². The van der Waals surface area contributed by atoms with Crippen LogP contribution in [0.3, 0.4) is 0 Å². The summed E-state index contributed by atoms with van der Waals surface area (Å²) in [5, 5.41) is 4.57. The van der Waals surface area contributed by atoms with Gasteiger partial charge in [-0.25, -0.2) is 4.98 Å². The van der Waals surface area contributed by atoms with Crippen LogP contribution in [0, 0.1) is 5.92 Å². The fourth-order valence-electron chi connectivity index (χ4n) is 4.05. The zero-order chi connectivity index (χ0) is 19.1. The van der Waals surface area contributed by atoms with Crippen LogP contribution in [0.15, 0.2) is 24.4 Å². The van der Waals surface area contributed by atoms with Crippen molar-refractivity contribution in [2.45, 2.75) is 51.4 Å². The van der Waals surface area contributed by atoms with Crippen LogP contribution in [0.1, 0.15) is 43.5 Å². The Morgan fingerprint density at radius 3 is 2.89 bits per heavy atom. The number of hydrogen-bond donors (Lipinski definition) is 2. The third-order valence-electron chi connectivity index (χ3n) is 5.22. The topological polar surface area (TPSA) is 104 Å². The van der Waals surface area contributed by atoms with Gasteiger partial charge in [0.05, 0.1) is 17.7 Å². The summed E-state index contributed by atoms with van der Waals surface area (Å²) in [7, 11) is 0. The summed E-state index contributed by atoms with van der Waals surface area (Å²) in [5.41, 5.74) is 5.85. The molecule has 2 fully saturated rings. The van der Waals surface area contributed by atoms with Crippen molar-refractivity contribution in [1.82, 2.24) is 10.3 Å². The lowest BCUT2D eigenvalue weighted by Crippen LogP contribution is -2.39. The number of pyridine rings is 1. The first-order valence-electron chi connectivity index (χ1n) is 9.27. The van der Waals surface area contributed by atoms with E-state index >= 15 is 0 Å². The second-order valence-electron chi connectivity index (χ2n) is 7.51. The van der Waals surface area contributed by atoms with Gasteiger partial charge in [0.15, 0.2) is 0 Å². The van der Waals surface area contributed by atoms with Crippen LogP contribution in [0.5, 0.6) is 11.6 Å². The first-order chi connectivity index (χ1) is 12.9. The van der Waals surface area contributed by atoms with Gasteiger partial charge in [0.2, 0.25) is 11.8 Å². The number of amides is 2. The largest absolute Gasteiger partial charge is 0.490 e. The summed E-state index contributed by atoms with van der Waals surface area (Å²) in [6.07, 6.45) is 3.84. The van der Waals surface area contributed by atoms with E-state index in [4.69, 9.17) is 15.2 Å². The van der Waals surface area contributed by atoms with E-state index in [1.165, 1.54) is 0 Å². The maximum atomic E-state index is 11.8. The Morgan fingerprint density at radius 1 is 1.33 bits per heavy atom. The van der Waals surface area contributed by atoms with Crippen molar-refractivity contribution in [2.75, 3.05) is 0 Å². The summed E-state index contributed by atoms with van der Waals surface area (Å²) >= 11 is 0. The van der Waals surface area contributed by atoms with E-state index in [-0.39, 0.29) is 24.2 Å². The van der Waals surface area contributed by atoms with Gasteiger partial charge in [-0.2, -0.15) is 0 Å². The van der Waals surface area contributed by atoms with Gasteiger partial charge >= 0.3 is 0 Å². The first-order valence-corrected chi connectivity index (χ1v) is 9.27. The van der Waals surface area contributed by atoms with Gasteiger partial charge in [0.25, 0.3) is 5.91 Å². The molecule has 2 amide bonds. The van der Waals surface area contributed by atoms with Crippen LogP contribution < -0.4 is 20.5 Å². The normalized spacial score (nSPS) is 24.1. The Morgan fingerprint density at radius 2 is 2.15 bits per heavy atom. The smallest absolute Gasteiger partial charge is 0.252 e. The van der Waals surface area contributed by atoms with Gasteiger partial charge in [-0.1, -0.05) is 0 Å². The van der Waals surface area contributed by atoms with E-state index in [0.717, 1.165) is 23.6 Å². The fraction of sp³-hybridized carbons (Fsp3) is 0.450. The van der Waals surface area contributed by atoms with Crippen molar-refractivity contribution in [3.63, 3.8) is 0 Å². The molecule has 1 aliphatic heterocycles. The molecule has 0 spiro atoms. The van der Waals surface area contributed by atoms with Crippen LogP contribution in [0.25, 0.3) is 10.8 Å². The van der Waals surface area contributed by atoms with E-state index in [1.54, 1.807) is 18.3 Å². The predicted octanol–water partition coefficient (Wildman–Crippen LogP) is 2.17. The quantitative estimate of drug-likeness (QED) is 0.841. The highest BCUT2D eigenvalue weighted by molar-refractivity contribution is 6.01. The van der Waals surface area contributed by atoms with Gasteiger partial charge in [-0.3, -0.25) is 9.59 Å². The number of aromatic nitrogens is 1. The lowest BCUT2D eigenvalue weighted by atomic mass is 10.0. The van der Waals surface area contributed by atoms with Crippen LogP contribution in [-0.2, 0) is 4.79 Å². The molecular weight excluding hydrogens is 346 g/mol. The second kappa shape index (κ2) is 6.72. The van der Waals surface area contributed by atoms with Crippen LogP contribution in [-0.4, -0.2) is 35.0 Å². The van der Waals surface area contributed by atoms with E-state index in [9.17, 15) is 9.59 Å². The minimum atomic E-state index is -0.542. The Hall–Kier alpha value is -2.83. The molecule has 27 heavy (non-hydrogen) atoms. The number of nitrogens with zero attached hydrogens (tertiary/aromatic N) is 1. The van der Waals surface area contributed by atoms with Crippen molar-refractivity contribution < 1.29 is 19.1 Å². The van der Waals surface area contributed by atoms with Crippen molar-refractivity contribution in [3.8, 4) is 11.6 Å². The summed E-state index contributed by atoms with van der Waals surface area (Å²) < 4.78 is 12.0. The van der Waals surface area contributed by atoms with E-state index < -0.39 is 5.91 Å². The van der Waals surface area contributed by atoms with Crippen molar-refractivity contribution in [2.24, 2.45) is 11.7 Å². The monoisotopic (exact) mass is 369 g/mol. The molecule has 7 nitrogen and oxygen atoms in total. The third kappa shape index (κ3) is 3.29. The molecule has 0 bridgehead atoms. The molecule has 1 saturated carbocycles. The Balaban J connectivity index is 1.70. The first kappa shape index (κ1) is 17.6. The molecule has 3 atom stereocenters. The van der Waals surface area contributed by atoms with Gasteiger partial charge in [0, 0.05) is 18.0 Å². The third-order valence-corrected chi connectivity index (χ3v) is 5.22. The minimum absolute atomic E-state index is 0.0332.